The zero-order valence-corrected chi connectivity index (χ0v) is 12.2. The molecule has 0 aromatic heterocycles. The summed E-state index contributed by atoms with van der Waals surface area (Å²) in [6.07, 6.45) is 2.35. The molecule has 2 fully saturated rings. The molecular formula is C14H29N3O. The molecule has 2 N–H and O–H groups in total. The highest BCUT2D eigenvalue weighted by Crippen LogP contribution is 2.27. The molecule has 2 aliphatic heterocycles. The minimum absolute atomic E-state index is 0.261. The highest BCUT2D eigenvalue weighted by atomic mass is 16.5. The molecule has 2 saturated heterocycles. The number of ether oxygens (including phenoxy) is 1. The summed E-state index contributed by atoms with van der Waals surface area (Å²) in [6, 6.07) is 0.543. The van der Waals surface area contributed by atoms with Gasteiger partial charge in [0.05, 0.1) is 0 Å². The molecule has 1 unspecified atom stereocenters. The van der Waals surface area contributed by atoms with Gasteiger partial charge in [0, 0.05) is 51.0 Å². The summed E-state index contributed by atoms with van der Waals surface area (Å²) in [5, 5.41) is 0. The van der Waals surface area contributed by atoms with E-state index in [1.807, 2.05) is 0 Å². The Morgan fingerprint density at radius 1 is 1.28 bits per heavy atom. The van der Waals surface area contributed by atoms with Crippen LogP contribution in [0.15, 0.2) is 0 Å². The lowest BCUT2D eigenvalue weighted by molar-refractivity contribution is -0.0204. The van der Waals surface area contributed by atoms with Gasteiger partial charge in [-0.1, -0.05) is 0 Å². The number of rotatable bonds is 3. The second-order valence-corrected chi connectivity index (χ2v) is 6.46. The fraction of sp³-hybridized carbons (Fsp3) is 1.00. The molecule has 4 heteroatoms. The molecule has 0 aliphatic carbocycles. The molecule has 0 radical (unpaired) electrons. The van der Waals surface area contributed by atoms with Crippen LogP contribution in [-0.4, -0.2) is 67.8 Å². The van der Waals surface area contributed by atoms with E-state index in [0.29, 0.717) is 6.04 Å². The van der Waals surface area contributed by atoms with Crippen molar-refractivity contribution in [2.45, 2.75) is 38.3 Å². The highest BCUT2D eigenvalue weighted by molar-refractivity contribution is 4.93. The standard InChI is InChI=1S/C14H29N3O/c1-14(2)11-17(7-6-16(14)3)13(10-15)12-4-8-18-9-5-12/h12-13H,4-11,15H2,1-3H3. The Bertz CT molecular complexity index is 264. The normalized spacial score (nSPS) is 29.3. The first kappa shape index (κ1) is 14.3. The Kier molecular flexibility index (Phi) is 4.64. The third kappa shape index (κ3) is 3.05. The molecule has 106 valence electrons. The maximum absolute atomic E-state index is 6.06. The van der Waals surface area contributed by atoms with Gasteiger partial charge in [0.25, 0.3) is 0 Å². The van der Waals surface area contributed by atoms with Crippen LogP contribution < -0.4 is 5.73 Å². The van der Waals surface area contributed by atoms with Crippen LogP contribution in [0, 0.1) is 5.92 Å². The first-order chi connectivity index (χ1) is 8.54. The molecular weight excluding hydrogens is 226 g/mol. The zero-order valence-electron chi connectivity index (χ0n) is 12.2. The van der Waals surface area contributed by atoms with Crippen molar-refractivity contribution in [3.63, 3.8) is 0 Å². The van der Waals surface area contributed by atoms with Crippen molar-refractivity contribution in [3.05, 3.63) is 0 Å². The smallest absolute Gasteiger partial charge is 0.0469 e. The van der Waals surface area contributed by atoms with Gasteiger partial charge in [-0.05, 0) is 39.7 Å². The van der Waals surface area contributed by atoms with Crippen molar-refractivity contribution in [3.8, 4) is 0 Å². The lowest BCUT2D eigenvalue weighted by atomic mass is 9.88. The van der Waals surface area contributed by atoms with Crippen LogP contribution in [0.2, 0.25) is 0 Å². The summed E-state index contributed by atoms with van der Waals surface area (Å²) in [6.45, 7) is 10.7. The van der Waals surface area contributed by atoms with Crippen molar-refractivity contribution in [1.82, 2.24) is 9.80 Å². The van der Waals surface area contributed by atoms with Crippen molar-refractivity contribution in [2.24, 2.45) is 11.7 Å². The Morgan fingerprint density at radius 3 is 2.50 bits per heavy atom. The van der Waals surface area contributed by atoms with Gasteiger partial charge in [-0.3, -0.25) is 9.80 Å². The van der Waals surface area contributed by atoms with E-state index >= 15 is 0 Å². The Morgan fingerprint density at radius 2 is 1.94 bits per heavy atom. The quantitative estimate of drug-likeness (QED) is 0.809. The van der Waals surface area contributed by atoms with Crippen LogP contribution in [0.25, 0.3) is 0 Å². The second-order valence-electron chi connectivity index (χ2n) is 6.46. The number of nitrogens with two attached hydrogens (primary N) is 1. The van der Waals surface area contributed by atoms with Gasteiger partial charge in [-0.15, -0.1) is 0 Å². The third-order valence-corrected chi connectivity index (χ3v) is 4.87. The average molecular weight is 255 g/mol. The minimum atomic E-state index is 0.261. The van der Waals surface area contributed by atoms with Crippen molar-refractivity contribution in [2.75, 3.05) is 46.4 Å². The van der Waals surface area contributed by atoms with Gasteiger partial charge < -0.3 is 10.5 Å². The average Bonchev–Trinajstić information content (AvgIpc) is 2.36. The third-order valence-electron chi connectivity index (χ3n) is 4.87. The summed E-state index contributed by atoms with van der Waals surface area (Å²) >= 11 is 0. The molecule has 0 saturated carbocycles. The molecule has 18 heavy (non-hydrogen) atoms. The van der Waals surface area contributed by atoms with E-state index in [4.69, 9.17) is 10.5 Å². The molecule has 0 amide bonds. The van der Waals surface area contributed by atoms with E-state index in [0.717, 1.165) is 45.3 Å². The molecule has 1 atom stereocenters. The van der Waals surface area contributed by atoms with Gasteiger partial charge in [0.1, 0.15) is 0 Å². The van der Waals surface area contributed by atoms with Gasteiger partial charge >= 0.3 is 0 Å². The number of nitrogens with zero attached hydrogens (tertiary/aromatic N) is 2. The summed E-state index contributed by atoms with van der Waals surface area (Å²) in [5.41, 5.74) is 6.32. The molecule has 2 rings (SSSR count). The maximum Gasteiger partial charge on any atom is 0.0469 e. The number of likely N-dealkylation sites (N-methyl/N-ethyl adjacent to an activating group) is 1. The number of piperazine rings is 1. The maximum atomic E-state index is 6.06. The summed E-state index contributed by atoms with van der Waals surface area (Å²) in [7, 11) is 2.23. The van der Waals surface area contributed by atoms with Crippen LogP contribution in [0.4, 0.5) is 0 Å². The fourth-order valence-electron chi connectivity index (χ4n) is 3.30. The lowest BCUT2D eigenvalue weighted by Gasteiger charge is -2.49. The molecule has 0 aromatic carbocycles. The summed E-state index contributed by atoms with van der Waals surface area (Å²) in [4.78, 5) is 5.08. The Balaban J connectivity index is 1.99. The predicted molar refractivity (Wildman–Crippen MR) is 74.7 cm³/mol. The topological polar surface area (TPSA) is 41.7 Å². The molecule has 0 bridgehead atoms. The fourth-order valence-corrected chi connectivity index (χ4v) is 3.30. The van der Waals surface area contributed by atoms with Crippen molar-refractivity contribution >= 4 is 0 Å². The van der Waals surface area contributed by atoms with Crippen molar-refractivity contribution in [1.29, 1.82) is 0 Å². The van der Waals surface area contributed by atoms with E-state index in [2.05, 4.69) is 30.7 Å². The second kappa shape index (κ2) is 5.87. The van der Waals surface area contributed by atoms with E-state index in [1.165, 1.54) is 12.8 Å². The summed E-state index contributed by atoms with van der Waals surface area (Å²) in [5.74, 6) is 0.725. The highest BCUT2D eigenvalue weighted by Gasteiger charge is 2.36. The molecule has 4 nitrogen and oxygen atoms in total. The zero-order chi connectivity index (χ0) is 13.2. The first-order valence-corrected chi connectivity index (χ1v) is 7.27. The number of hydrogen-bond acceptors (Lipinski definition) is 4. The summed E-state index contributed by atoms with van der Waals surface area (Å²) < 4.78 is 5.47. The molecule has 2 aliphatic rings. The largest absolute Gasteiger partial charge is 0.381 e. The van der Waals surface area contributed by atoms with E-state index in [9.17, 15) is 0 Å². The predicted octanol–water partition coefficient (Wildman–Crippen LogP) is 0.766. The monoisotopic (exact) mass is 255 g/mol. The minimum Gasteiger partial charge on any atom is -0.381 e. The van der Waals surface area contributed by atoms with Gasteiger partial charge in [-0.2, -0.15) is 0 Å². The molecule has 0 spiro atoms. The SMILES string of the molecule is CN1CCN(C(CN)C2CCOCC2)CC1(C)C. The van der Waals surface area contributed by atoms with Gasteiger partial charge in [-0.25, -0.2) is 0 Å². The Hall–Kier alpha value is -0.160. The van der Waals surface area contributed by atoms with Gasteiger partial charge in [0.15, 0.2) is 0 Å². The van der Waals surface area contributed by atoms with E-state index in [-0.39, 0.29) is 5.54 Å². The number of hydrogen-bond donors (Lipinski definition) is 1. The van der Waals surface area contributed by atoms with Crippen LogP contribution in [0.1, 0.15) is 26.7 Å². The molecule has 2 heterocycles. The van der Waals surface area contributed by atoms with E-state index < -0.39 is 0 Å². The Labute approximate surface area is 111 Å². The lowest BCUT2D eigenvalue weighted by Crippen LogP contribution is -2.62. The van der Waals surface area contributed by atoms with Crippen molar-refractivity contribution < 1.29 is 4.74 Å². The van der Waals surface area contributed by atoms with E-state index in [1.54, 1.807) is 0 Å². The van der Waals surface area contributed by atoms with Crippen LogP contribution >= 0.6 is 0 Å². The molecule has 0 aromatic rings. The first-order valence-electron chi connectivity index (χ1n) is 7.27. The van der Waals surface area contributed by atoms with Crippen LogP contribution in [-0.2, 0) is 4.74 Å². The van der Waals surface area contributed by atoms with Gasteiger partial charge in [0.2, 0.25) is 0 Å². The van der Waals surface area contributed by atoms with Crippen LogP contribution in [0.5, 0.6) is 0 Å². The van der Waals surface area contributed by atoms with Crippen LogP contribution in [0.3, 0.4) is 0 Å².